The number of hydrogen-bond acceptors (Lipinski definition) is 1. The van der Waals surface area contributed by atoms with Crippen LogP contribution >= 0.6 is 0 Å². The first-order chi connectivity index (χ1) is 11.4. The summed E-state index contributed by atoms with van der Waals surface area (Å²) in [5, 5.41) is 1.61. The fourth-order valence-electron chi connectivity index (χ4n) is 3.68. The van der Waals surface area contributed by atoms with Gasteiger partial charge in [-0.25, -0.2) is 0 Å². The molecule has 0 bridgehead atoms. The van der Waals surface area contributed by atoms with Crippen molar-refractivity contribution in [2.45, 2.75) is 25.7 Å². The maximum Gasteiger partial charge on any atom is 2.00 e. The second-order valence-corrected chi connectivity index (χ2v) is 12.8. The van der Waals surface area contributed by atoms with Crippen molar-refractivity contribution >= 4 is 13.3 Å². The Kier molecular flexibility index (Phi) is 7.42. The zero-order chi connectivity index (χ0) is 17.3. The fraction of sp³-hybridized carbons (Fsp3) is 0.273. The summed E-state index contributed by atoms with van der Waals surface area (Å²) < 4.78 is 0. The van der Waals surface area contributed by atoms with E-state index in [0.29, 0.717) is 6.04 Å². The number of rotatable bonds is 2. The van der Waals surface area contributed by atoms with Crippen molar-refractivity contribution in [1.29, 1.82) is 0 Å². The Morgan fingerprint density at radius 1 is 0.840 bits per heavy atom. The molecular weight excluding hydrogens is 362 g/mol. The van der Waals surface area contributed by atoms with Gasteiger partial charge in [0.15, 0.2) is 0 Å². The van der Waals surface area contributed by atoms with E-state index in [1.54, 1.807) is 10.8 Å². The molecule has 0 heterocycles. The number of hydrogen-bond donors (Lipinski definition) is 0. The SMILES string of the molecule is CN(C)[C@H]1[C]2[CH][CH][CH][C]2c2cccc([Si](C)(C)C)c21.[CH]1[CH][CH][CH][CH]1.[Fe+2]. The van der Waals surface area contributed by atoms with E-state index in [4.69, 9.17) is 0 Å². The van der Waals surface area contributed by atoms with Gasteiger partial charge in [0.2, 0.25) is 0 Å². The molecule has 0 aromatic heterocycles. The van der Waals surface area contributed by atoms with Crippen LogP contribution in [0.25, 0.3) is 0 Å². The summed E-state index contributed by atoms with van der Waals surface area (Å²) in [5.41, 5.74) is 3.02. The van der Waals surface area contributed by atoms with Gasteiger partial charge in [0.1, 0.15) is 0 Å². The van der Waals surface area contributed by atoms with Crippen molar-refractivity contribution in [3.8, 4) is 0 Å². The van der Waals surface area contributed by atoms with Crippen LogP contribution in [0.3, 0.4) is 0 Å². The van der Waals surface area contributed by atoms with E-state index < -0.39 is 8.07 Å². The van der Waals surface area contributed by atoms with Crippen LogP contribution in [0, 0.1) is 63.2 Å². The molecule has 0 amide bonds. The van der Waals surface area contributed by atoms with Crippen molar-refractivity contribution in [1.82, 2.24) is 4.90 Å². The van der Waals surface area contributed by atoms with Crippen LogP contribution in [0.4, 0.5) is 0 Å². The third kappa shape index (κ3) is 4.43. The largest absolute Gasteiger partial charge is 2.00 e. The molecule has 0 spiro atoms. The number of fused-ring (bicyclic) bond motifs is 3. The van der Waals surface area contributed by atoms with Gasteiger partial charge in [0, 0.05) is 17.9 Å². The molecule has 10 radical (unpaired) electrons. The summed E-state index contributed by atoms with van der Waals surface area (Å²) >= 11 is 0. The number of benzene rings is 1. The Hall–Kier alpha value is -0.0836. The first-order valence-corrected chi connectivity index (χ1v) is 12.1. The number of nitrogens with zero attached hydrogens (tertiary/aromatic N) is 1. The third-order valence-electron chi connectivity index (χ3n) is 4.69. The molecule has 1 aromatic carbocycles. The van der Waals surface area contributed by atoms with Gasteiger partial charge in [0.05, 0.1) is 8.07 Å². The van der Waals surface area contributed by atoms with Crippen molar-refractivity contribution in [3.63, 3.8) is 0 Å². The van der Waals surface area contributed by atoms with Gasteiger partial charge in [-0.05, 0) is 76.6 Å². The Bertz CT molecular complexity index is 552. The van der Waals surface area contributed by atoms with Crippen LogP contribution in [0.1, 0.15) is 17.2 Å². The molecule has 3 aliphatic rings. The van der Waals surface area contributed by atoms with Gasteiger partial charge in [0.25, 0.3) is 0 Å². The van der Waals surface area contributed by atoms with E-state index in [2.05, 4.69) is 76.1 Å². The first-order valence-electron chi connectivity index (χ1n) is 8.63. The molecule has 0 aliphatic heterocycles. The van der Waals surface area contributed by atoms with E-state index in [1.807, 2.05) is 32.1 Å². The molecule has 3 aliphatic carbocycles. The molecule has 3 heteroatoms. The van der Waals surface area contributed by atoms with Crippen molar-refractivity contribution in [3.05, 3.63) is 92.5 Å². The Balaban J connectivity index is 0.000000325. The summed E-state index contributed by atoms with van der Waals surface area (Å²) in [6.07, 6.45) is 16.7. The maximum absolute atomic E-state index is 2.44. The maximum atomic E-state index is 2.44. The molecule has 4 rings (SSSR count). The van der Waals surface area contributed by atoms with Crippen LogP contribution in [-0.4, -0.2) is 27.1 Å². The molecule has 130 valence electrons. The monoisotopic (exact) mass is 389 g/mol. The molecule has 1 nitrogen and oxygen atoms in total. The molecule has 25 heavy (non-hydrogen) atoms. The average molecular weight is 389 g/mol. The smallest absolute Gasteiger partial charge is 0.302 e. The standard InChI is InChI=1S/C17H22NSi.C5H5.Fe/c1-18(2)17-14-10-6-8-12(14)13-9-7-11-15(16(13)17)19(3,4)5;1-2-4-5-3-1;/h6-11,17H,1-5H3;1-5H;/q;;+2/t17-;;/m0../s1. The minimum atomic E-state index is -1.32. The second-order valence-electron chi connectivity index (χ2n) is 7.74. The Morgan fingerprint density at radius 3 is 1.96 bits per heavy atom. The first kappa shape index (κ1) is 21.2. The average Bonchev–Trinajstić information content (AvgIpc) is 3.24. The van der Waals surface area contributed by atoms with E-state index in [0.717, 1.165) is 0 Å². The normalized spacial score (nSPS) is 23.0. The molecule has 0 saturated heterocycles. The van der Waals surface area contributed by atoms with Gasteiger partial charge in [-0.1, -0.05) is 43.0 Å². The van der Waals surface area contributed by atoms with Gasteiger partial charge < -0.3 is 4.90 Å². The van der Waals surface area contributed by atoms with Gasteiger partial charge in [-0.3, -0.25) is 0 Å². The van der Waals surface area contributed by atoms with E-state index >= 15 is 0 Å². The molecule has 2 fully saturated rings. The minimum absolute atomic E-state index is 0. The van der Waals surface area contributed by atoms with Crippen LogP contribution in [0.15, 0.2) is 18.2 Å². The van der Waals surface area contributed by atoms with Gasteiger partial charge in [-0.15, -0.1) is 0 Å². The van der Waals surface area contributed by atoms with Crippen LogP contribution in [0.5, 0.6) is 0 Å². The molecule has 0 unspecified atom stereocenters. The summed E-state index contributed by atoms with van der Waals surface area (Å²) in [6.45, 7) is 7.33. The summed E-state index contributed by atoms with van der Waals surface area (Å²) in [7, 11) is 3.07. The fourth-order valence-corrected chi connectivity index (χ4v) is 5.35. The zero-order valence-electron chi connectivity index (χ0n) is 15.7. The zero-order valence-corrected chi connectivity index (χ0v) is 17.8. The summed E-state index contributed by atoms with van der Waals surface area (Å²) in [4.78, 5) is 2.36. The van der Waals surface area contributed by atoms with Crippen LogP contribution < -0.4 is 5.19 Å². The van der Waals surface area contributed by atoms with Crippen molar-refractivity contribution in [2.24, 2.45) is 0 Å². The predicted molar refractivity (Wildman–Crippen MR) is 106 cm³/mol. The predicted octanol–water partition coefficient (Wildman–Crippen LogP) is 3.99. The second kappa shape index (κ2) is 8.74. The van der Waals surface area contributed by atoms with Crippen LogP contribution in [0.2, 0.25) is 19.6 Å². The third-order valence-corrected chi connectivity index (χ3v) is 6.75. The summed E-state index contributed by atoms with van der Waals surface area (Å²) in [5.74, 6) is 2.92. The van der Waals surface area contributed by atoms with Gasteiger partial charge in [-0.2, -0.15) is 0 Å². The quantitative estimate of drug-likeness (QED) is 0.692. The molecular formula is C22H27FeNSi+2. The molecule has 1 atom stereocenters. The van der Waals surface area contributed by atoms with Crippen LogP contribution in [-0.2, 0) is 17.1 Å². The Morgan fingerprint density at radius 2 is 1.44 bits per heavy atom. The molecule has 1 aromatic rings. The molecule has 0 N–H and O–H groups in total. The van der Waals surface area contributed by atoms with E-state index in [1.165, 1.54) is 17.4 Å². The summed E-state index contributed by atoms with van der Waals surface area (Å²) in [6, 6.07) is 7.32. The minimum Gasteiger partial charge on any atom is -0.302 e. The topological polar surface area (TPSA) is 3.24 Å². The molecule has 2 saturated carbocycles. The van der Waals surface area contributed by atoms with E-state index in [-0.39, 0.29) is 17.1 Å². The van der Waals surface area contributed by atoms with Crippen molar-refractivity contribution in [2.75, 3.05) is 14.1 Å². The Labute approximate surface area is 167 Å². The van der Waals surface area contributed by atoms with Crippen molar-refractivity contribution < 1.29 is 17.1 Å². The van der Waals surface area contributed by atoms with E-state index in [9.17, 15) is 0 Å². The van der Waals surface area contributed by atoms with Gasteiger partial charge >= 0.3 is 17.1 Å².